The van der Waals surface area contributed by atoms with Crippen LogP contribution in [0.4, 0.5) is 15.8 Å². The van der Waals surface area contributed by atoms with Gasteiger partial charge in [0.1, 0.15) is 11.2 Å². The third-order valence-corrected chi connectivity index (χ3v) is 7.65. The number of rotatable bonds is 3. The molecule has 2 heterocycles. The Bertz CT molecular complexity index is 1490. The number of nitrogens with zero attached hydrogens (tertiary/aromatic N) is 2. The van der Waals surface area contributed by atoms with E-state index in [1.165, 1.54) is 43.3 Å². The highest BCUT2D eigenvalue weighted by molar-refractivity contribution is 6.32. The molecule has 0 amide bonds. The fraction of sp³-hybridized carbons (Fsp3) is 0.179. The van der Waals surface area contributed by atoms with Gasteiger partial charge in [0.25, 0.3) is 5.69 Å². The molecule has 7 nitrogen and oxygen atoms in total. The van der Waals surface area contributed by atoms with Gasteiger partial charge in [-0.1, -0.05) is 48.6 Å². The van der Waals surface area contributed by atoms with E-state index in [1.807, 2.05) is 0 Å². The van der Waals surface area contributed by atoms with Gasteiger partial charge in [0.05, 0.1) is 17.0 Å². The van der Waals surface area contributed by atoms with E-state index in [-0.39, 0.29) is 34.2 Å². The molecule has 0 radical (unpaired) electrons. The van der Waals surface area contributed by atoms with Gasteiger partial charge in [-0.3, -0.25) is 24.5 Å². The van der Waals surface area contributed by atoms with Gasteiger partial charge in [0, 0.05) is 40.4 Å². The number of carbonyl (C=O) groups excluding carboxylic acids is 3. The summed E-state index contributed by atoms with van der Waals surface area (Å²) in [6.45, 7) is 1.40. The Labute approximate surface area is 205 Å². The molecule has 3 aromatic rings. The SMILES string of the molecule is CC(=O)[C@H]1[C@H](c2ccc([N+](=O)[O-])cc2)C2(C(=O)c3ccccc3C2=O)[C@@H]2C=Cc3cc(F)ccc3N21. The van der Waals surface area contributed by atoms with Crippen LogP contribution in [-0.2, 0) is 4.79 Å². The lowest BCUT2D eigenvalue weighted by Crippen LogP contribution is -2.48. The van der Waals surface area contributed by atoms with Crippen LogP contribution in [0.25, 0.3) is 6.08 Å². The number of Topliss-reactive ketones (excluding diaryl/α,β-unsaturated/α-hetero) is 3. The molecule has 1 fully saturated rings. The molecule has 3 aliphatic rings. The van der Waals surface area contributed by atoms with Crippen LogP contribution < -0.4 is 4.90 Å². The smallest absolute Gasteiger partial charge is 0.269 e. The molecule has 3 aromatic carbocycles. The zero-order chi connectivity index (χ0) is 25.4. The molecule has 0 unspecified atom stereocenters. The lowest BCUT2D eigenvalue weighted by atomic mass is 9.64. The molecule has 0 aromatic heterocycles. The van der Waals surface area contributed by atoms with Crippen molar-refractivity contribution < 1.29 is 23.7 Å². The second-order valence-electron chi connectivity index (χ2n) is 9.37. The summed E-state index contributed by atoms with van der Waals surface area (Å²) >= 11 is 0. The van der Waals surface area contributed by atoms with Gasteiger partial charge in [0.2, 0.25) is 0 Å². The molecule has 1 aliphatic carbocycles. The van der Waals surface area contributed by atoms with E-state index in [0.717, 1.165) is 0 Å². The second kappa shape index (κ2) is 7.52. The highest BCUT2D eigenvalue weighted by atomic mass is 19.1. The topological polar surface area (TPSA) is 97.6 Å². The molecule has 2 aliphatic heterocycles. The Morgan fingerprint density at radius 3 is 2.22 bits per heavy atom. The van der Waals surface area contributed by atoms with E-state index in [2.05, 4.69) is 0 Å². The molecule has 36 heavy (non-hydrogen) atoms. The van der Waals surface area contributed by atoms with Crippen molar-refractivity contribution in [2.75, 3.05) is 4.90 Å². The Morgan fingerprint density at radius 1 is 1.00 bits per heavy atom. The van der Waals surface area contributed by atoms with Crippen molar-refractivity contribution in [2.45, 2.75) is 24.9 Å². The summed E-state index contributed by atoms with van der Waals surface area (Å²) < 4.78 is 14.1. The summed E-state index contributed by atoms with van der Waals surface area (Å²) in [6.07, 6.45) is 3.38. The first-order valence-electron chi connectivity index (χ1n) is 11.5. The van der Waals surface area contributed by atoms with E-state index in [1.54, 1.807) is 47.4 Å². The molecular formula is C28H19FN2O5. The van der Waals surface area contributed by atoms with E-state index in [9.17, 15) is 28.9 Å². The van der Waals surface area contributed by atoms with Crippen LogP contribution in [-0.4, -0.2) is 34.4 Å². The number of nitro benzene ring substituents is 1. The van der Waals surface area contributed by atoms with Gasteiger partial charge in [-0.2, -0.15) is 0 Å². The molecule has 3 atom stereocenters. The third kappa shape index (κ3) is 2.69. The maximum absolute atomic E-state index is 14.2. The number of nitro groups is 1. The molecule has 178 valence electrons. The third-order valence-electron chi connectivity index (χ3n) is 7.65. The monoisotopic (exact) mass is 482 g/mol. The van der Waals surface area contributed by atoms with Crippen molar-refractivity contribution in [1.82, 2.24) is 0 Å². The predicted molar refractivity (Wildman–Crippen MR) is 130 cm³/mol. The Kier molecular flexibility index (Phi) is 4.60. The average Bonchev–Trinajstić information content (AvgIpc) is 3.30. The van der Waals surface area contributed by atoms with Crippen LogP contribution in [0.15, 0.2) is 72.8 Å². The van der Waals surface area contributed by atoms with Crippen molar-refractivity contribution in [3.05, 3.63) is 111 Å². The summed E-state index contributed by atoms with van der Waals surface area (Å²) in [5.41, 5.74) is 0.321. The Hall–Kier alpha value is -4.46. The number of ketones is 3. The molecule has 0 N–H and O–H groups in total. The number of hydrogen-bond donors (Lipinski definition) is 0. The summed E-state index contributed by atoms with van der Waals surface area (Å²) in [5.74, 6) is -2.42. The normalized spacial score (nSPS) is 22.9. The standard InChI is InChI=1S/C28H19FN2O5/c1-15(32)25-24(16-6-10-19(11-7-16)31(35)36)28(26(33)20-4-2-3-5-21(20)27(28)34)23-13-8-17-14-18(29)9-12-22(17)30(23)25/h2-14,23-25H,1H3/t23-,24-,25-/m0/s1. The fourth-order valence-corrected chi connectivity index (χ4v) is 6.28. The van der Waals surface area contributed by atoms with Crippen molar-refractivity contribution >= 4 is 34.8 Å². The summed E-state index contributed by atoms with van der Waals surface area (Å²) in [5, 5.41) is 11.3. The fourth-order valence-electron chi connectivity index (χ4n) is 6.28. The minimum absolute atomic E-state index is 0.143. The van der Waals surface area contributed by atoms with Gasteiger partial charge >= 0.3 is 0 Å². The number of carbonyl (C=O) groups is 3. The zero-order valence-corrected chi connectivity index (χ0v) is 19.1. The van der Waals surface area contributed by atoms with Gasteiger partial charge < -0.3 is 4.90 Å². The quantitative estimate of drug-likeness (QED) is 0.303. The molecule has 6 rings (SSSR count). The van der Waals surface area contributed by atoms with Crippen LogP contribution in [0.2, 0.25) is 0 Å². The highest BCUT2D eigenvalue weighted by Crippen LogP contribution is 2.60. The number of benzene rings is 3. The van der Waals surface area contributed by atoms with Crippen molar-refractivity contribution in [1.29, 1.82) is 0 Å². The Balaban J connectivity index is 1.66. The lowest BCUT2D eigenvalue weighted by Gasteiger charge is -2.37. The first-order valence-corrected chi connectivity index (χ1v) is 11.5. The van der Waals surface area contributed by atoms with Crippen molar-refractivity contribution in [2.24, 2.45) is 5.41 Å². The van der Waals surface area contributed by atoms with Crippen molar-refractivity contribution in [3.8, 4) is 0 Å². The minimum Gasteiger partial charge on any atom is -0.352 e. The number of anilines is 1. The predicted octanol–water partition coefficient (Wildman–Crippen LogP) is 4.76. The molecule has 1 saturated heterocycles. The minimum atomic E-state index is -1.67. The van der Waals surface area contributed by atoms with Crippen LogP contribution in [0.3, 0.4) is 0 Å². The maximum atomic E-state index is 14.2. The molecule has 0 bridgehead atoms. The van der Waals surface area contributed by atoms with E-state index in [4.69, 9.17) is 0 Å². The molecule has 1 spiro atoms. The van der Waals surface area contributed by atoms with Gasteiger partial charge in [0.15, 0.2) is 17.3 Å². The second-order valence-corrected chi connectivity index (χ2v) is 9.37. The summed E-state index contributed by atoms with van der Waals surface area (Å²) in [7, 11) is 0. The van der Waals surface area contributed by atoms with Crippen LogP contribution in [0.5, 0.6) is 0 Å². The number of halogens is 1. The van der Waals surface area contributed by atoms with Crippen molar-refractivity contribution in [3.63, 3.8) is 0 Å². The van der Waals surface area contributed by atoms with Gasteiger partial charge in [-0.15, -0.1) is 0 Å². The van der Waals surface area contributed by atoms with Gasteiger partial charge in [-0.25, -0.2) is 4.39 Å². The first-order chi connectivity index (χ1) is 17.3. The summed E-state index contributed by atoms with van der Waals surface area (Å²) in [4.78, 5) is 54.2. The number of non-ortho nitro benzene ring substituents is 1. The number of hydrogen-bond acceptors (Lipinski definition) is 6. The summed E-state index contributed by atoms with van der Waals surface area (Å²) in [6, 6.07) is 14.7. The lowest BCUT2D eigenvalue weighted by molar-refractivity contribution is -0.384. The van der Waals surface area contributed by atoms with Gasteiger partial charge in [-0.05, 0) is 30.7 Å². The van der Waals surface area contributed by atoms with E-state index < -0.39 is 34.2 Å². The zero-order valence-electron chi connectivity index (χ0n) is 19.1. The maximum Gasteiger partial charge on any atom is 0.269 e. The van der Waals surface area contributed by atoms with Crippen LogP contribution >= 0.6 is 0 Å². The number of fused-ring (bicyclic) bond motifs is 5. The first kappa shape index (κ1) is 22.0. The molecule has 8 heteroatoms. The average molecular weight is 482 g/mol. The molecular weight excluding hydrogens is 463 g/mol. The molecule has 0 saturated carbocycles. The largest absolute Gasteiger partial charge is 0.352 e. The van der Waals surface area contributed by atoms with E-state index in [0.29, 0.717) is 16.8 Å². The van der Waals surface area contributed by atoms with Crippen LogP contribution in [0, 0.1) is 21.3 Å². The Morgan fingerprint density at radius 2 is 1.64 bits per heavy atom. The van der Waals surface area contributed by atoms with E-state index >= 15 is 0 Å². The van der Waals surface area contributed by atoms with Crippen LogP contribution in [0.1, 0.15) is 44.7 Å². The highest BCUT2D eigenvalue weighted by Gasteiger charge is 2.71.